The highest BCUT2D eigenvalue weighted by molar-refractivity contribution is 8.00. The standard InChI is InChI=1S/C34H28FN3O3S2/c1-19(2)21-13-15-23(16-14-21)29-28(30(39)24-12-11-20(3)27(35)17-24)31(40)32(41)38(29)33-36-37-34(43-33)42-18-25-9-6-8-22-7-4-5-10-26(22)25/h4-17,19,29,39H,18H2,1-3H3. The number of carbonyl (C=O) groups excluding carboxylic acids is 2. The molecule has 9 heteroatoms. The van der Waals surface area contributed by atoms with E-state index in [0.29, 0.717) is 21.2 Å². The van der Waals surface area contributed by atoms with Crippen molar-refractivity contribution in [3.05, 3.63) is 124 Å². The number of hydrogen-bond donors (Lipinski definition) is 1. The Balaban J connectivity index is 1.38. The number of Topliss-reactive ketones (excluding diaryl/α,β-unsaturated/α-hetero) is 1. The second-order valence-electron chi connectivity index (χ2n) is 10.7. The van der Waals surface area contributed by atoms with Gasteiger partial charge >= 0.3 is 5.91 Å². The molecule has 1 fully saturated rings. The van der Waals surface area contributed by atoms with E-state index in [-0.39, 0.29) is 22.2 Å². The van der Waals surface area contributed by atoms with Crippen molar-refractivity contribution in [1.29, 1.82) is 0 Å². The lowest BCUT2D eigenvalue weighted by Gasteiger charge is -2.23. The number of halogens is 1. The lowest BCUT2D eigenvalue weighted by molar-refractivity contribution is -0.132. The molecular weight excluding hydrogens is 582 g/mol. The number of ketones is 1. The van der Waals surface area contributed by atoms with E-state index in [1.165, 1.54) is 46.2 Å². The van der Waals surface area contributed by atoms with Crippen molar-refractivity contribution in [2.45, 2.75) is 42.8 Å². The predicted molar refractivity (Wildman–Crippen MR) is 170 cm³/mol. The van der Waals surface area contributed by atoms with Crippen LogP contribution in [-0.2, 0) is 15.3 Å². The largest absolute Gasteiger partial charge is 0.507 e. The molecule has 6 rings (SSSR count). The monoisotopic (exact) mass is 609 g/mol. The van der Waals surface area contributed by atoms with E-state index in [1.54, 1.807) is 6.92 Å². The van der Waals surface area contributed by atoms with Crippen molar-refractivity contribution in [2.75, 3.05) is 4.90 Å². The minimum absolute atomic E-state index is 0.119. The molecule has 4 aromatic carbocycles. The number of nitrogens with zero attached hydrogens (tertiary/aromatic N) is 3. The zero-order valence-electron chi connectivity index (χ0n) is 23.7. The zero-order chi connectivity index (χ0) is 30.2. The Morgan fingerprint density at radius 1 is 1.00 bits per heavy atom. The summed E-state index contributed by atoms with van der Waals surface area (Å²) in [5.74, 6) is -1.72. The van der Waals surface area contributed by atoms with Crippen molar-refractivity contribution >= 4 is 56.5 Å². The van der Waals surface area contributed by atoms with Gasteiger partial charge in [-0.05, 0) is 51.9 Å². The van der Waals surface area contributed by atoms with Gasteiger partial charge in [-0.1, -0.05) is 116 Å². The first kappa shape index (κ1) is 28.8. The van der Waals surface area contributed by atoms with Crippen molar-refractivity contribution in [1.82, 2.24) is 10.2 Å². The van der Waals surface area contributed by atoms with Crippen LogP contribution in [0.15, 0.2) is 94.8 Å². The first-order valence-electron chi connectivity index (χ1n) is 13.8. The van der Waals surface area contributed by atoms with Crippen LogP contribution < -0.4 is 4.90 Å². The second-order valence-corrected chi connectivity index (χ2v) is 12.9. The normalized spacial score (nSPS) is 16.5. The zero-order valence-corrected chi connectivity index (χ0v) is 25.4. The molecule has 0 spiro atoms. The number of benzene rings is 4. The number of fused-ring (bicyclic) bond motifs is 1. The number of anilines is 1. The first-order chi connectivity index (χ1) is 20.7. The summed E-state index contributed by atoms with van der Waals surface area (Å²) in [5.41, 5.74) is 3.26. The number of aryl methyl sites for hydroxylation is 1. The molecule has 5 aromatic rings. The van der Waals surface area contributed by atoms with Gasteiger partial charge in [-0.25, -0.2) is 4.39 Å². The Morgan fingerprint density at radius 3 is 2.49 bits per heavy atom. The van der Waals surface area contributed by atoms with E-state index in [9.17, 15) is 19.1 Å². The summed E-state index contributed by atoms with van der Waals surface area (Å²) in [6, 6.07) is 25.2. The number of rotatable bonds is 7. The molecule has 1 saturated heterocycles. The van der Waals surface area contributed by atoms with E-state index in [0.717, 1.165) is 21.9 Å². The van der Waals surface area contributed by atoms with Crippen molar-refractivity contribution < 1.29 is 19.1 Å². The molecule has 1 atom stereocenters. The maximum atomic E-state index is 14.5. The summed E-state index contributed by atoms with van der Waals surface area (Å²) >= 11 is 2.71. The van der Waals surface area contributed by atoms with Crippen molar-refractivity contribution in [3.63, 3.8) is 0 Å². The Kier molecular flexibility index (Phi) is 7.85. The molecule has 0 saturated carbocycles. The molecule has 1 amide bonds. The van der Waals surface area contributed by atoms with E-state index in [1.807, 2.05) is 42.5 Å². The Hall–Kier alpha value is -4.34. The lowest BCUT2D eigenvalue weighted by Crippen LogP contribution is -2.29. The maximum absolute atomic E-state index is 14.5. The fourth-order valence-electron chi connectivity index (χ4n) is 5.22. The average molecular weight is 610 g/mol. The number of aliphatic hydroxyl groups excluding tert-OH is 1. The molecule has 1 aliphatic rings. The molecule has 0 bridgehead atoms. The van der Waals surface area contributed by atoms with Crippen LogP contribution in [0, 0.1) is 12.7 Å². The molecule has 43 heavy (non-hydrogen) atoms. The smallest absolute Gasteiger partial charge is 0.301 e. The van der Waals surface area contributed by atoms with Crippen molar-refractivity contribution in [3.8, 4) is 0 Å². The first-order valence-corrected chi connectivity index (χ1v) is 15.6. The van der Waals surface area contributed by atoms with Gasteiger partial charge in [0.05, 0.1) is 11.6 Å². The van der Waals surface area contributed by atoms with Gasteiger partial charge in [-0.3, -0.25) is 14.5 Å². The summed E-state index contributed by atoms with van der Waals surface area (Å²) in [7, 11) is 0. The van der Waals surface area contributed by atoms with Gasteiger partial charge in [0.1, 0.15) is 11.6 Å². The highest BCUT2D eigenvalue weighted by Gasteiger charge is 2.48. The molecule has 216 valence electrons. The summed E-state index contributed by atoms with van der Waals surface area (Å²) in [6.07, 6.45) is 0. The van der Waals surface area contributed by atoms with Gasteiger partial charge in [-0.15, -0.1) is 10.2 Å². The molecule has 1 aliphatic heterocycles. The Labute approximate surface area is 256 Å². The number of amides is 1. The third-order valence-corrected chi connectivity index (χ3v) is 9.75. The summed E-state index contributed by atoms with van der Waals surface area (Å²) < 4.78 is 15.1. The average Bonchev–Trinajstić information content (AvgIpc) is 3.58. The number of thioether (sulfide) groups is 1. The molecule has 1 N–H and O–H groups in total. The third-order valence-electron chi connectivity index (χ3n) is 7.64. The minimum Gasteiger partial charge on any atom is -0.507 e. The van der Waals surface area contributed by atoms with Crippen LogP contribution in [0.4, 0.5) is 9.52 Å². The fraction of sp³-hybridized carbons (Fsp3) is 0.176. The third kappa shape index (κ3) is 5.46. The summed E-state index contributed by atoms with van der Waals surface area (Å²) in [6.45, 7) is 5.76. The topological polar surface area (TPSA) is 83.4 Å². The predicted octanol–water partition coefficient (Wildman–Crippen LogP) is 8.18. The van der Waals surface area contributed by atoms with Crippen LogP contribution in [0.3, 0.4) is 0 Å². The van der Waals surface area contributed by atoms with E-state index >= 15 is 0 Å². The maximum Gasteiger partial charge on any atom is 0.301 e. The number of carbonyl (C=O) groups is 2. The number of hydrogen-bond acceptors (Lipinski definition) is 7. The minimum atomic E-state index is -0.963. The second kappa shape index (κ2) is 11.7. The molecule has 0 radical (unpaired) electrons. The van der Waals surface area contributed by atoms with Crippen LogP contribution in [0.1, 0.15) is 53.6 Å². The quantitative estimate of drug-likeness (QED) is 0.0659. The van der Waals surface area contributed by atoms with Gasteiger partial charge in [0, 0.05) is 11.3 Å². The van der Waals surface area contributed by atoms with Crippen LogP contribution in [-0.4, -0.2) is 27.0 Å². The molecule has 6 nitrogen and oxygen atoms in total. The van der Waals surface area contributed by atoms with Gasteiger partial charge in [0.2, 0.25) is 5.13 Å². The molecular formula is C34H28FN3O3S2. The van der Waals surface area contributed by atoms with Gasteiger partial charge in [0.15, 0.2) is 4.34 Å². The molecule has 1 aromatic heterocycles. The fourth-order valence-corrected chi connectivity index (χ4v) is 7.09. The Morgan fingerprint density at radius 2 is 1.74 bits per heavy atom. The van der Waals surface area contributed by atoms with Gasteiger partial charge in [-0.2, -0.15) is 0 Å². The highest BCUT2D eigenvalue weighted by atomic mass is 32.2. The van der Waals surface area contributed by atoms with Crippen molar-refractivity contribution in [2.24, 2.45) is 0 Å². The molecule has 1 unspecified atom stereocenters. The van der Waals surface area contributed by atoms with Crippen LogP contribution >= 0.6 is 23.1 Å². The SMILES string of the molecule is Cc1ccc(C(O)=C2C(=O)C(=O)N(c3nnc(SCc4cccc5ccccc45)s3)C2c2ccc(C(C)C)cc2)cc1F. The van der Waals surface area contributed by atoms with Crippen LogP contribution in [0.2, 0.25) is 0 Å². The Bertz CT molecular complexity index is 1890. The van der Waals surface area contributed by atoms with E-state index in [4.69, 9.17) is 0 Å². The number of aromatic nitrogens is 2. The van der Waals surface area contributed by atoms with E-state index < -0.39 is 29.3 Å². The van der Waals surface area contributed by atoms with E-state index in [2.05, 4.69) is 48.3 Å². The number of aliphatic hydroxyl groups is 1. The highest BCUT2D eigenvalue weighted by Crippen LogP contribution is 2.44. The summed E-state index contributed by atoms with van der Waals surface area (Å²) in [5, 5.41) is 22.5. The summed E-state index contributed by atoms with van der Waals surface area (Å²) in [4.78, 5) is 28.4. The van der Waals surface area contributed by atoms with Crippen LogP contribution in [0.5, 0.6) is 0 Å². The molecule has 0 aliphatic carbocycles. The van der Waals surface area contributed by atoms with Crippen LogP contribution in [0.25, 0.3) is 16.5 Å². The molecule has 2 heterocycles. The van der Waals surface area contributed by atoms with Gasteiger partial charge < -0.3 is 5.11 Å². The van der Waals surface area contributed by atoms with Gasteiger partial charge in [0.25, 0.3) is 5.78 Å². The lowest BCUT2D eigenvalue weighted by atomic mass is 9.93.